The van der Waals surface area contributed by atoms with Crippen molar-refractivity contribution in [3.8, 4) is 11.4 Å². The van der Waals surface area contributed by atoms with Crippen molar-refractivity contribution in [2.45, 2.75) is 13.8 Å². The van der Waals surface area contributed by atoms with E-state index in [0.29, 0.717) is 18.9 Å². The van der Waals surface area contributed by atoms with Crippen LogP contribution in [0.3, 0.4) is 0 Å². The number of aryl methyl sites for hydroxylation is 2. The molecule has 28 heavy (non-hydrogen) atoms. The lowest BCUT2D eigenvalue weighted by Crippen LogP contribution is -2.50. The number of benzene rings is 1. The van der Waals surface area contributed by atoms with Crippen LogP contribution < -0.4 is 10.2 Å². The van der Waals surface area contributed by atoms with Gasteiger partial charge in [-0.3, -0.25) is 5.10 Å². The molecule has 0 radical (unpaired) electrons. The summed E-state index contributed by atoms with van der Waals surface area (Å²) in [5.74, 6) is 2.39. The number of H-pyrrole nitrogens is 1. The number of aromatic amines is 1. The van der Waals surface area contributed by atoms with Gasteiger partial charge in [-0.15, -0.1) is 0 Å². The highest BCUT2D eigenvalue weighted by atomic mass is 16.2. The zero-order valence-corrected chi connectivity index (χ0v) is 16.0. The van der Waals surface area contributed by atoms with Crippen molar-refractivity contribution >= 4 is 17.5 Å². The first-order chi connectivity index (χ1) is 13.6. The maximum atomic E-state index is 12.6. The molecule has 2 aromatic heterocycles. The number of piperazine rings is 1. The Morgan fingerprint density at radius 1 is 1.00 bits per heavy atom. The van der Waals surface area contributed by atoms with E-state index in [1.54, 1.807) is 0 Å². The lowest BCUT2D eigenvalue weighted by atomic mass is 10.2. The maximum absolute atomic E-state index is 12.6. The second-order valence-electron chi connectivity index (χ2n) is 6.86. The van der Waals surface area contributed by atoms with Gasteiger partial charge in [-0.05, 0) is 50.2 Å². The van der Waals surface area contributed by atoms with Crippen LogP contribution in [0, 0.1) is 13.8 Å². The topological polar surface area (TPSA) is 90.0 Å². The Hall–Kier alpha value is -3.42. The van der Waals surface area contributed by atoms with Gasteiger partial charge in [0.05, 0.1) is 0 Å². The van der Waals surface area contributed by atoms with Crippen LogP contribution >= 0.6 is 0 Å². The number of aromatic nitrogens is 4. The van der Waals surface area contributed by atoms with Crippen molar-refractivity contribution < 1.29 is 4.79 Å². The largest absolute Gasteiger partial charge is 0.353 e. The quantitative estimate of drug-likeness (QED) is 0.732. The molecule has 2 N–H and O–H groups in total. The molecule has 1 aromatic carbocycles. The summed E-state index contributed by atoms with van der Waals surface area (Å²) in [6, 6.07) is 13.5. The highest BCUT2D eigenvalue weighted by Crippen LogP contribution is 2.19. The van der Waals surface area contributed by atoms with Crippen molar-refractivity contribution in [3.63, 3.8) is 0 Å². The van der Waals surface area contributed by atoms with Crippen molar-refractivity contribution in [2.75, 3.05) is 36.4 Å². The molecular formula is C20H23N7O. The van der Waals surface area contributed by atoms with E-state index in [1.165, 1.54) is 0 Å². The minimum absolute atomic E-state index is 0.0849. The molecule has 4 rings (SSSR count). The predicted octanol–water partition coefficient (Wildman–Crippen LogP) is 2.84. The summed E-state index contributed by atoms with van der Waals surface area (Å²) in [7, 11) is 0. The molecule has 0 atom stereocenters. The molecule has 0 unspecified atom stereocenters. The molecule has 1 saturated heterocycles. The Bertz CT molecular complexity index is 959. The summed E-state index contributed by atoms with van der Waals surface area (Å²) in [5, 5.41) is 9.94. The number of hydrogen-bond donors (Lipinski definition) is 2. The lowest BCUT2D eigenvalue weighted by molar-refractivity contribution is 0.208. The Morgan fingerprint density at radius 2 is 1.75 bits per heavy atom. The van der Waals surface area contributed by atoms with Crippen molar-refractivity contribution in [2.24, 2.45) is 0 Å². The Morgan fingerprint density at radius 3 is 2.39 bits per heavy atom. The molecule has 1 aliphatic rings. The first-order valence-corrected chi connectivity index (χ1v) is 9.32. The van der Waals surface area contributed by atoms with Gasteiger partial charge >= 0.3 is 6.03 Å². The summed E-state index contributed by atoms with van der Waals surface area (Å²) >= 11 is 0. The number of amides is 2. The summed E-state index contributed by atoms with van der Waals surface area (Å²) in [5.41, 5.74) is 2.66. The number of nitrogens with zero attached hydrogens (tertiary/aromatic N) is 5. The van der Waals surface area contributed by atoms with E-state index in [4.69, 9.17) is 0 Å². The van der Waals surface area contributed by atoms with Crippen LogP contribution in [0.1, 0.15) is 11.5 Å². The van der Waals surface area contributed by atoms with E-state index in [1.807, 2.05) is 61.2 Å². The van der Waals surface area contributed by atoms with Crippen LogP contribution in [0.2, 0.25) is 0 Å². The predicted molar refractivity (Wildman–Crippen MR) is 108 cm³/mol. The van der Waals surface area contributed by atoms with Gasteiger partial charge < -0.3 is 15.1 Å². The maximum Gasteiger partial charge on any atom is 0.321 e. The third kappa shape index (κ3) is 3.95. The van der Waals surface area contributed by atoms with Gasteiger partial charge in [-0.1, -0.05) is 6.07 Å². The third-order valence-electron chi connectivity index (χ3n) is 4.76. The molecule has 3 heterocycles. The van der Waals surface area contributed by atoms with Crippen LogP contribution in [0.5, 0.6) is 0 Å². The molecule has 8 heteroatoms. The van der Waals surface area contributed by atoms with E-state index in [2.05, 4.69) is 30.4 Å². The summed E-state index contributed by atoms with van der Waals surface area (Å²) < 4.78 is 0. The summed E-state index contributed by atoms with van der Waals surface area (Å²) in [6.07, 6.45) is 0. The van der Waals surface area contributed by atoms with Gasteiger partial charge in [0, 0.05) is 43.1 Å². The van der Waals surface area contributed by atoms with Gasteiger partial charge in [-0.2, -0.15) is 5.10 Å². The standard InChI is InChI=1S/C20H23N7O/c1-14-4-3-5-18(21-14)26-10-12-27(13-11-26)20(28)23-17-8-6-16(7-9-17)19-22-15(2)24-25-19/h3-9H,10-13H2,1-2H3,(H,23,28)(H,22,24,25). The van der Waals surface area contributed by atoms with E-state index in [0.717, 1.165) is 41.7 Å². The fraction of sp³-hybridized carbons (Fsp3) is 0.300. The van der Waals surface area contributed by atoms with Crippen LogP contribution in [-0.2, 0) is 0 Å². The van der Waals surface area contributed by atoms with Gasteiger partial charge in [0.25, 0.3) is 0 Å². The summed E-state index contributed by atoms with van der Waals surface area (Å²) in [6.45, 7) is 6.72. The second-order valence-corrected chi connectivity index (χ2v) is 6.86. The van der Waals surface area contributed by atoms with E-state index in [-0.39, 0.29) is 6.03 Å². The molecule has 0 saturated carbocycles. The number of nitrogens with one attached hydrogen (secondary N) is 2. The number of pyridine rings is 1. The van der Waals surface area contributed by atoms with E-state index >= 15 is 0 Å². The number of anilines is 2. The normalized spacial score (nSPS) is 14.2. The Kier molecular flexibility index (Phi) is 4.92. The minimum Gasteiger partial charge on any atom is -0.353 e. The number of carbonyl (C=O) groups is 1. The van der Waals surface area contributed by atoms with E-state index < -0.39 is 0 Å². The van der Waals surface area contributed by atoms with Gasteiger partial charge in [0.15, 0.2) is 5.82 Å². The van der Waals surface area contributed by atoms with Gasteiger partial charge in [-0.25, -0.2) is 14.8 Å². The lowest BCUT2D eigenvalue weighted by Gasteiger charge is -2.35. The van der Waals surface area contributed by atoms with Crippen LogP contribution in [0.25, 0.3) is 11.4 Å². The fourth-order valence-electron chi connectivity index (χ4n) is 3.22. The number of urea groups is 1. The van der Waals surface area contributed by atoms with Crippen LogP contribution in [-0.4, -0.2) is 57.3 Å². The fourth-order valence-corrected chi connectivity index (χ4v) is 3.22. The molecule has 2 amide bonds. The smallest absolute Gasteiger partial charge is 0.321 e. The molecule has 144 valence electrons. The number of carbonyl (C=O) groups excluding carboxylic acids is 1. The van der Waals surface area contributed by atoms with Crippen molar-refractivity contribution in [1.82, 2.24) is 25.1 Å². The number of rotatable bonds is 3. The first-order valence-electron chi connectivity index (χ1n) is 9.32. The average molecular weight is 377 g/mol. The zero-order chi connectivity index (χ0) is 19.5. The molecule has 0 spiro atoms. The van der Waals surface area contributed by atoms with E-state index in [9.17, 15) is 4.79 Å². The molecule has 1 aliphatic heterocycles. The first kappa shape index (κ1) is 18.0. The monoisotopic (exact) mass is 377 g/mol. The molecule has 0 bridgehead atoms. The molecular weight excluding hydrogens is 354 g/mol. The minimum atomic E-state index is -0.0849. The third-order valence-corrected chi connectivity index (χ3v) is 4.76. The van der Waals surface area contributed by atoms with Crippen molar-refractivity contribution in [3.05, 3.63) is 54.0 Å². The molecule has 3 aromatic rings. The zero-order valence-electron chi connectivity index (χ0n) is 16.0. The Balaban J connectivity index is 1.33. The van der Waals surface area contributed by atoms with Crippen molar-refractivity contribution in [1.29, 1.82) is 0 Å². The Labute approximate surface area is 163 Å². The molecule has 1 fully saturated rings. The highest BCUT2D eigenvalue weighted by Gasteiger charge is 2.22. The summed E-state index contributed by atoms with van der Waals surface area (Å²) in [4.78, 5) is 25.5. The second kappa shape index (κ2) is 7.67. The van der Waals surface area contributed by atoms with Crippen LogP contribution in [0.4, 0.5) is 16.3 Å². The average Bonchev–Trinajstić information content (AvgIpc) is 3.15. The van der Waals surface area contributed by atoms with Gasteiger partial charge in [0.2, 0.25) is 0 Å². The number of hydrogen-bond acceptors (Lipinski definition) is 5. The van der Waals surface area contributed by atoms with Gasteiger partial charge in [0.1, 0.15) is 11.6 Å². The SMILES string of the molecule is Cc1cccc(N2CCN(C(=O)Nc3ccc(-c4n[nH]c(C)n4)cc3)CC2)n1. The molecule has 0 aliphatic carbocycles. The van der Waals surface area contributed by atoms with Crippen LogP contribution in [0.15, 0.2) is 42.5 Å². The highest BCUT2D eigenvalue weighted by molar-refractivity contribution is 5.89. The molecule has 8 nitrogen and oxygen atoms in total.